The molecule has 0 radical (unpaired) electrons. The van der Waals surface area contributed by atoms with Gasteiger partial charge in [0.25, 0.3) is 5.91 Å². The maximum atomic E-state index is 13.4. The Balaban J connectivity index is 1.91. The van der Waals surface area contributed by atoms with Crippen molar-refractivity contribution in [2.75, 3.05) is 6.54 Å². The molecule has 3 rings (SSSR count). The van der Waals surface area contributed by atoms with E-state index < -0.39 is 23.5 Å². The van der Waals surface area contributed by atoms with Crippen molar-refractivity contribution in [1.82, 2.24) is 10.2 Å². The summed E-state index contributed by atoms with van der Waals surface area (Å²) >= 11 is 0. The van der Waals surface area contributed by atoms with Crippen molar-refractivity contribution in [2.24, 2.45) is 5.73 Å². The number of rotatable bonds is 9. The molecule has 0 spiro atoms. The van der Waals surface area contributed by atoms with Crippen LogP contribution in [0.1, 0.15) is 50.8 Å². The summed E-state index contributed by atoms with van der Waals surface area (Å²) in [5.41, 5.74) is 7.01. The van der Waals surface area contributed by atoms with Crippen LogP contribution in [0.5, 0.6) is 0 Å². The normalized spacial score (nSPS) is 14.2. The molecule has 0 aromatic heterocycles. The molecule has 1 unspecified atom stereocenters. The molecule has 0 aliphatic carbocycles. The van der Waals surface area contributed by atoms with Crippen molar-refractivity contribution < 1.29 is 19.1 Å². The van der Waals surface area contributed by atoms with Gasteiger partial charge >= 0.3 is 5.97 Å². The third kappa shape index (κ3) is 6.81. The first-order valence-electron chi connectivity index (χ1n) is 12.0. The van der Waals surface area contributed by atoms with Crippen molar-refractivity contribution in [3.63, 3.8) is 0 Å². The number of carbonyl (C=O) groups excluding carboxylic acids is 3. The molecule has 7 nitrogen and oxygen atoms in total. The van der Waals surface area contributed by atoms with Crippen molar-refractivity contribution in [3.8, 4) is 0 Å². The summed E-state index contributed by atoms with van der Waals surface area (Å²) in [5.74, 6) is 0.860. The summed E-state index contributed by atoms with van der Waals surface area (Å²) < 4.78 is 5.49. The first kappa shape index (κ1) is 26.7. The minimum absolute atomic E-state index is 0.0782. The van der Waals surface area contributed by atoms with E-state index in [-0.39, 0.29) is 17.3 Å². The molecule has 1 aliphatic heterocycles. The van der Waals surface area contributed by atoms with E-state index in [1.54, 1.807) is 44.0 Å². The molecule has 1 atom stereocenters. The molecule has 1 aliphatic rings. The zero-order valence-electron chi connectivity index (χ0n) is 20.9. The number of allylic oxidation sites excluding steroid dienone is 2. The quantitative estimate of drug-likeness (QED) is 0.412. The minimum Gasteiger partial charge on any atom is -0.458 e. The first-order chi connectivity index (χ1) is 17.2. The Morgan fingerprint density at radius 3 is 2.11 bits per heavy atom. The lowest BCUT2D eigenvalue weighted by Gasteiger charge is -2.34. The highest BCUT2D eigenvalue weighted by Crippen LogP contribution is 2.35. The molecule has 36 heavy (non-hydrogen) atoms. The van der Waals surface area contributed by atoms with Gasteiger partial charge in [-0.15, -0.1) is 0 Å². The van der Waals surface area contributed by atoms with Gasteiger partial charge < -0.3 is 20.7 Å². The lowest BCUT2D eigenvalue weighted by molar-refractivity contribution is -0.158. The molecule has 0 fully saturated rings. The Morgan fingerprint density at radius 1 is 1.03 bits per heavy atom. The Labute approximate surface area is 212 Å². The summed E-state index contributed by atoms with van der Waals surface area (Å²) in [6.07, 6.45) is 5.85. The average molecular weight is 488 g/mol. The zero-order chi connectivity index (χ0) is 26.1. The maximum Gasteiger partial charge on any atom is 0.329 e. The predicted molar refractivity (Wildman–Crippen MR) is 139 cm³/mol. The van der Waals surface area contributed by atoms with Crippen molar-refractivity contribution >= 4 is 17.8 Å². The van der Waals surface area contributed by atoms with E-state index in [0.29, 0.717) is 19.4 Å². The highest BCUT2D eigenvalue weighted by Gasteiger charge is 2.32. The van der Waals surface area contributed by atoms with E-state index in [2.05, 4.69) is 5.32 Å². The standard InChI is InChI=1S/C29H33N3O4/c1-29(2,3)36-28(35)24(17-10-18-30)31-27(34)23-16-11-19-32(25(23)20-33)26(21-12-6-4-7-13-21)22-14-8-5-9-15-22/h4-9,11-16,19,24,26H,10,17-18,30H2,1-3H3,(H,31,34). The summed E-state index contributed by atoms with van der Waals surface area (Å²) in [5, 5.41) is 2.75. The van der Waals surface area contributed by atoms with Crippen LogP contribution in [0.25, 0.3) is 0 Å². The van der Waals surface area contributed by atoms with E-state index in [4.69, 9.17) is 10.5 Å². The van der Waals surface area contributed by atoms with Gasteiger partial charge in [0.1, 0.15) is 17.3 Å². The molecular weight excluding hydrogens is 454 g/mol. The van der Waals surface area contributed by atoms with E-state index in [1.807, 2.05) is 66.6 Å². The molecule has 2 aromatic rings. The third-order valence-electron chi connectivity index (χ3n) is 5.57. The molecular formula is C29H33N3O4. The van der Waals surface area contributed by atoms with Gasteiger partial charge in [-0.1, -0.05) is 60.7 Å². The number of nitrogens with one attached hydrogen (secondary N) is 1. The number of nitrogens with two attached hydrogens (primary N) is 1. The largest absolute Gasteiger partial charge is 0.458 e. The summed E-state index contributed by atoms with van der Waals surface area (Å²) in [6, 6.07) is 18.2. The van der Waals surface area contributed by atoms with Gasteiger partial charge in [0.15, 0.2) is 5.94 Å². The molecule has 0 bridgehead atoms. The summed E-state index contributed by atoms with van der Waals surface area (Å²) in [4.78, 5) is 40.1. The van der Waals surface area contributed by atoms with Crippen molar-refractivity contribution in [3.05, 3.63) is 101 Å². The number of ether oxygens (including phenoxy) is 1. The van der Waals surface area contributed by atoms with Gasteiger partial charge in [-0.05, 0) is 63.4 Å². The lowest BCUT2D eigenvalue weighted by Crippen LogP contribution is -2.45. The maximum absolute atomic E-state index is 13.4. The van der Waals surface area contributed by atoms with Crippen LogP contribution in [-0.2, 0) is 19.1 Å². The number of carbonyl (C=O) groups is 2. The highest BCUT2D eigenvalue weighted by molar-refractivity contribution is 6.02. The van der Waals surface area contributed by atoms with Crippen LogP contribution in [0, 0.1) is 0 Å². The van der Waals surface area contributed by atoms with E-state index in [1.165, 1.54) is 0 Å². The van der Waals surface area contributed by atoms with Gasteiger partial charge in [0, 0.05) is 6.20 Å². The number of hydrogen-bond acceptors (Lipinski definition) is 6. The molecule has 7 heteroatoms. The van der Waals surface area contributed by atoms with Crippen LogP contribution < -0.4 is 11.1 Å². The van der Waals surface area contributed by atoms with Gasteiger partial charge in [-0.2, -0.15) is 0 Å². The Bertz CT molecular complexity index is 1120. The summed E-state index contributed by atoms with van der Waals surface area (Å²) in [6.45, 7) is 5.66. The Morgan fingerprint density at radius 2 is 1.61 bits per heavy atom. The Hall–Kier alpha value is -3.93. The van der Waals surface area contributed by atoms with Crippen molar-refractivity contribution in [2.45, 2.75) is 51.3 Å². The van der Waals surface area contributed by atoms with Crippen LogP contribution in [0.15, 0.2) is 90.3 Å². The number of nitrogens with zero attached hydrogens (tertiary/aromatic N) is 1. The van der Waals surface area contributed by atoms with E-state index in [9.17, 15) is 14.4 Å². The molecule has 0 saturated carbocycles. The fourth-order valence-electron chi connectivity index (χ4n) is 3.99. The minimum atomic E-state index is -0.896. The van der Waals surface area contributed by atoms with Crippen molar-refractivity contribution in [1.29, 1.82) is 0 Å². The van der Waals surface area contributed by atoms with Gasteiger partial charge in [0.2, 0.25) is 0 Å². The molecule has 0 saturated heterocycles. The van der Waals surface area contributed by atoms with Gasteiger partial charge in [0.05, 0.1) is 11.6 Å². The smallest absolute Gasteiger partial charge is 0.329 e. The number of amides is 1. The topological polar surface area (TPSA) is 102 Å². The van der Waals surface area contributed by atoms with Gasteiger partial charge in [-0.25, -0.2) is 9.59 Å². The SMILES string of the molecule is CC(C)(C)OC(=O)C(CCCN)NC(=O)C1=CC=CN(C(c2ccccc2)c2ccccc2)C1=C=O. The molecule has 188 valence electrons. The van der Waals surface area contributed by atoms with Crippen LogP contribution in [0.3, 0.4) is 0 Å². The number of hydrogen-bond donors (Lipinski definition) is 2. The second-order valence-corrected chi connectivity index (χ2v) is 9.49. The van der Waals surface area contributed by atoms with E-state index >= 15 is 0 Å². The van der Waals surface area contributed by atoms with Gasteiger partial charge in [-0.3, -0.25) is 4.79 Å². The monoisotopic (exact) mass is 487 g/mol. The summed E-state index contributed by atoms with van der Waals surface area (Å²) in [7, 11) is 0. The molecule has 3 N–H and O–H groups in total. The second-order valence-electron chi connectivity index (χ2n) is 9.49. The van der Waals surface area contributed by atoms with Crippen LogP contribution in [0.4, 0.5) is 0 Å². The van der Waals surface area contributed by atoms with E-state index in [0.717, 1.165) is 11.1 Å². The van der Waals surface area contributed by atoms with Crippen LogP contribution in [0.2, 0.25) is 0 Å². The van der Waals surface area contributed by atoms with Crippen LogP contribution in [-0.4, -0.2) is 40.9 Å². The highest BCUT2D eigenvalue weighted by atomic mass is 16.6. The lowest BCUT2D eigenvalue weighted by atomic mass is 9.94. The third-order valence-corrected chi connectivity index (χ3v) is 5.57. The zero-order valence-corrected chi connectivity index (χ0v) is 20.9. The number of esters is 1. The predicted octanol–water partition coefficient (Wildman–Crippen LogP) is 3.81. The van der Waals surface area contributed by atoms with Crippen LogP contribution >= 0.6 is 0 Å². The first-order valence-corrected chi connectivity index (χ1v) is 12.0. The Kier molecular flexibility index (Phi) is 9.01. The number of benzene rings is 2. The molecule has 1 heterocycles. The molecule has 2 aromatic carbocycles. The fraction of sp³-hybridized carbons (Fsp3) is 0.310. The fourth-order valence-corrected chi connectivity index (χ4v) is 3.99. The second kappa shape index (κ2) is 12.2. The average Bonchev–Trinajstić information content (AvgIpc) is 2.86. The molecule has 1 amide bonds.